The van der Waals surface area contributed by atoms with Gasteiger partial charge in [-0.1, -0.05) is 36.4 Å². The minimum absolute atomic E-state index is 0.276. The summed E-state index contributed by atoms with van der Waals surface area (Å²) in [5.74, 6) is -0.282. The molecule has 0 unspecified atom stereocenters. The van der Waals surface area contributed by atoms with Gasteiger partial charge < -0.3 is 9.64 Å². The van der Waals surface area contributed by atoms with E-state index < -0.39 is 0 Å². The number of piperazine rings is 1. The summed E-state index contributed by atoms with van der Waals surface area (Å²) in [4.78, 5) is 16.2. The van der Waals surface area contributed by atoms with Gasteiger partial charge in [-0.25, -0.2) is 4.79 Å². The van der Waals surface area contributed by atoms with Crippen LogP contribution in [0.3, 0.4) is 0 Å². The maximum atomic E-state index is 11.7. The number of carbonyl (C=O) groups is 1. The molecule has 4 nitrogen and oxygen atoms in total. The Morgan fingerprint density at radius 2 is 2.05 bits per heavy atom. The minimum Gasteiger partial charge on any atom is -0.458 e. The first-order valence-electron chi connectivity index (χ1n) is 6.93. The van der Waals surface area contributed by atoms with Gasteiger partial charge in [-0.15, -0.1) is 0 Å². The molecule has 0 saturated carbocycles. The van der Waals surface area contributed by atoms with Gasteiger partial charge in [-0.3, -0.25) is 4.90 Å². The number of carbonyl (C=O) groups excluding carboxylic acids is 1. The summed E-state index contributed by atoms with van der Waals surface area (Å²) < 4.78 is 5.22. The number of hydrogen-bond donors (Lipinski definition) is 0. The van der Waals surface area contributed by atoms with Crippen molar-refractivity contribution in [2.24, 2.45) is 0 Å². The molecule has 0 amide bonds. The third-order valence-electron chi connectivity index (χ3n) is 3.58. The van der Waals surface area contributed by atoms with Crippen LogP contribution in [0.5, 0.6) is 0 Å². The van der Waals surface area contributed by atoms with E-state index in [1.54, 1.807) is 6.08 Å². The summed E-state index contributed by atoms with van der Waals surface area (Å²) in [7, 11) is 4.18. The lowest BCUT2D eigenvalue weighted by atomic mass is 10.2. The van der Waals surface area contributed by atoms with Crippen LogP contribution in [0.15, 0.2) is 42.5 Å². The summed E-state index contributed by atoms with van der Waals surface area (Å²) in [5.41, 5.74) is 1.00. The van der Waals surface area contributed by atoms with Crippen LogP contribution < -0.4 is 0 Å². The number of nitrogens with zero attached hydrogens (tertiary/aromatic N) is 2. The second-order valence-corrected chi connectivity index (χ2v) is 5.26. The van der Waals surface area contributed by atoms with Gasteiger partial charge in [0.15, 0.2) is 0 Å². The smallest absolute Gasteiger partial charge is 0.330 e. The molecule has 0 spiro atoms. The zero-order chi connectivity index (χ0) is 14.4. The minimum atomic E-state index is -0.282. The molecule has 0 N–H and O–H groups in total. The lowest BCUT2D eigenvalue weighted by Crippen LogP contribution is -2.48. The topological polar surface area (TPSA) is 32.8 Å². The molecule has 1 aliphatic heterocycles. The lowest BCUT2D eigenvalue weighted by molar-refractivity contribution is -0.139. The number of esters is 1. The SMILES string of the molecule is CN1CCN(C)[C@@H](/C=C/C(=O)OCc2ccccc2)C1. The van der Waals surface area contributed by atoms with Crippen molar-refractivity contribution in [1.82, 2.24) is 9.80 Å². The fraction of sp³-hybridized carbons (Fsp3) is 0.438. The molecule has 1 aromatic carbocycles. The van der Waals surface area contributed by atoms with Gasteiger partial charge >= 0.3 is 5.97 Å². The van der Waals surface area contributed by atoms with Crippen molar-refractivity contribution in [3.63, 3.8) is 0 Å². The van der Waals surface area contributed by atoms with E-state index in [9.17, 15) is 4.79 Å². The van der Waals surface area contributed by atoms with Gasteiger partial charge in [-0.05, 0) is 19.7 Å². The highest BCUT2D eigenvalue weighted by Gasteiger charge is 2.19. The molecule has 1 saturated heterocycles. The zero-order valence-corrected chi connectivity index (χ0v) is 12.2. The van der Waals surface area contributed by atoms with E-state index in [-0.39, 0.29) is 12.0 Å². The normalized spacial score (nSPS) is 21.2. The van der Waals surface area contributed by atoms with E-state index in [0.717, 1.165) is 25.2 Å². The first-order valence-corrected chi connectivity index (χ1v) is 6.93. The highest BCUT2D eigenvalue weighted by atomic mass is 16.5. The van der Waals surface area contributed by atoms with E-state index in [1.807, 2.05) is 36.4 Å². The Balaban J connectivity index is 1.80. The standard InChI is InChI=1S/C16H22N2O2/c1-17-10-11-18(2)15(12-17)8-9-16(19)20-13-14-6-4-3-5-7-14/h3-9,15H,10-13H2,1-2H3/b9-8+/t15-/m0/s1. The largest absolute Gasteiger partial charge is 0.458 e. The molecule has 1 atom stereocenters. The Hall–Kier alpha value is -1.65. The van der Waals surface area contributed by atoms with E-state index in [2.05, 4.69) is 23.9 Å². The Labute approximate surface area is 120 Å². The first kappa shape index (κ1) is 14.8. The van der Waals surface area contributed by atoms with E-state index in [1.165, 1.54) is 0 Å². The Kier molecular flexibility index (Phi) is 5.32. The number of rotatable bonds is 4. The fourth-order valence-corrected chi connectivity index (χ4v) is 2.22. The summed E-state index contributed by atoms with van der Waals surface area (Å²) in [6.07, 6.45) is 3.48. The Morgan fingerprint density at radius 3 is 2.80 bits per heavy atom. The van der Waals surface area contributed by atoms with E-state index in [0.29, 0.717) is 6.61 Å². The first-order chi connectivity index (χ1) is 9.65. The van der Waals surface area contributed by atoms with Crippen molar-refractivity contribution in [3.05, 3.63) is 48.0 Å². The average molecular weight is 274 g/mol. The van der Waals surface area contributed by atoms with E-state index >= 15 is 0 Å². The molecular formula is C16H22N2O2. The molecule has 1 aliphatic rings. The highest BCUT2D eigenvalue weighted by molar-refractivity contribution is 5.82. The van der Waals surface area contributed by atoms with Crippen molar-refractivity contribution in [2.75, 3.05) is 33.7 Å². The summed E-state index contributed by atoms with van der Waals surface area (Å²) in [6.45, 7) is 3.35. The third kappa shape index (κ3) is 4.47. The van der Waals surface area contributed by atoms with Gasteiger partial charge in [0.05, 0.1) is 0 Å². The Morgan fingerprint density at radius 1 is 1.30 bits per heavy atom. The van der Waals surface area contributed by atoms with Crippen LogP contribution in [0, 0.1) is 0 Å². The second-order valence-electron chi connectivity index (χ2n) is 5.26. The molecule has 0 aromatic heterocycles. The molecular weight excluding hydrogens is 252 g/mol. The summed E-state index contributed by atoms with van der Waals surface area (Å²) >= 11 is 0. The molecule has 2 rings (SSSR count). The van der Waals surface area contributed by atoms with Crippen molar-refractivity contribution in [1.29, 1.82) is 0 Å². The van der Waals surface area contributed by atoms with Crippen LogP contribution in [0.1, 0.15) is 5.56 Å². The molecule has 1 heterocycles. The van der Waals surface area contributed by atoms with Gasteiger partial charge in [0.1, 0.15) is 6.61 Å². The molecule has 4 heteroatoms. The molecule has 20 heavy (non-hydrogen) atoms. The quantitative estimate of drug-likeness (QED) is 0.616. The van der Waals surface area contributed by atoms with Crippen LogP contribution in [0.2, 0.25) is 0 Å². The molecule has 0 aliphatic carbocycles. The molecule has 108 valence electrons. The molecule has 0 radical (unpaired) electrons. The number of hydrogen-bond acceptors (Lipinski definition) is 4. The van der Waals surface area contributed by atoms with Gasteiger partial charge in [-0.2, -0.15) is 0 Å². The fourth-order valence-electron chi connectivity index (χ4n) is 2.22. The lowest BCUT2D eigenvalue weighted by Gasteiger charge is -2.35. The van der Waals surface area contributed by atoms with Crippen molar-refractivity contribution < 1.29 is 9.53 Å². The maximum Gasteiger partial charge on any atom is 0.330 e. The van der Waals surface area contributed by atoms with Crippen molar-refractivity contribution in [3.8, 4) is 0 Å². The number of likely N-dealkylation sites (N-methyl/N-ethyl adjacent to an activating group) is 2. The van der Waals surface area contributed by atoms with Gasteiger partial charge in [0.2, 0.25) is 0 Å². The van der Waals surface area contributed by atoms with Crippen LogP contribution in [-0.2, 0) is 16.1 Å². The predicted molar refractivity (Wildman–Crippen MR) is 79.3 cm³/mol. The molecule has 1 aromatic rings. The zero-order valence-electron chi connectivity index (χ0n) is 12.2. The Bertz CT molecular complexity index is 459. The molecule has 1 fully saturated rings. The highest BCUT2D eigenvalue weighted by Crippen LogP contribution is 2.07. The predicted octanol–water partition coefficient (Wildman–Crippen LogP) is 1.53. The van der Waals surface area contributed by atoms with Crippen LogP contribution in [-0.4, -0.2) is 55.5 Å². The van der Waals surface area contributed by atoms with Crippen molar-refractivity contribution >= 4 is 5.97 Å². The van der Waals surface area contributed by atoms with Crippen molar-refractivity contribution in [2.45, 2.75) is 12.6 Å². The third-order valence-corrected chi connectivity index (χ3v) is 3.58. The maximum absolute atomic E-state index is 11.7. The number of ether oxygens (including phenoxy) is 1. The summed E-state index contributed by atoms with van der Waals surface area (Å²) in [5, 5.41) is 0. The van der Waals surface area contributed by atoms with E-state index in [4.69, 9.17) is 4.74 Å². The van der Waals surface area contributed by atoms with Crippen LogP contribution in [0.25, 0.3) is 0 Å². The second kappa shape index (κ2) is 7.22. The van der Waals surface area contributed by atoms with Crippen LogP contribution in [0.4, 0.5) is 0 Å². The van der Waals surface area contributed by atoms with Gasteiger partial charge in [0, 0.05) is 31.8 Å². The molecule has 0 bridgehead atoms. The average Bonchev–Trinajstić information content (AvgIpc) is 2.47. The summed E-state index contributed by atoms with van der Waals surface area (Å²) in [6, 6.07) is 9.98. The monoisotopic (exact) mass is 274 g/mol. The van der Waals surface area contributed by atoms with Gasteiger partial charge in [0.25, 0.3) is 0 Å². The number of benzene rings is 1. The van der Waals surface area contributed by atoms with Crippen LogP contribution >= 0.6 is 0 Å².